The molecule has 2 heterocycles. The van der Waals surface area contributed by atoms with E-state index < -0.39 is 0 Å². The first-order chi connectivity index (χ1) is 11.8. The highest BCUT2D eigenvalue weighted by atomic mass is 79.9. The van der Waals surface area contributed by atoms with E-state index in [1.807, 2.05) is 54.6 Å². The topological polar surface area (TPSA) is 30.2 Å². The SMILES string of the molecule is Brc1ccccc1-c1nc2ccccc2c2nc3ccccc3n12. The Balaban J connectivity index is 2.06. The third-order valence-electron chi connectivity index (χ3n) is 4.26. The summed E-state index contributed by atoms with van der Waals surface area (Å²) < 4.78 is 3.17. The second kappa shape index (κ2) is 5.14. The molecule has 0 aliphatic rings. The van der Waals surface area contributed by atoms with Crippen LogP contribution >= 0.6 is 15.9 Å². The molecule has 0 amide bonds. The molecule has 0 spiro atoms. The van der Waals surface area contributed by atoms with Gasteiger partial charge in [-0.2, -0.15) is 0 Å². The van der Waals surface area contributed by atoms with Gasteiger partial charge in [0.1, 0.15) is 11.5 Å². The van der Waals surface area contributed by atoms with E-state index in [0.29, 0.717) is 0 Å². The lowest BCUT2D eigenvalue weighted by atomic mass is 10.2. The van der Waals surface area contributed by atoms with E-state index in [2.05, 4.69) is 38.5 Å². The van der Waals surface area contributed by atoms with Gasteiger partial charge in [-0.3, -0.25) is 4.40 Å². The van der Waals surface area contributed by atoms with Crippen LogP contribution in [0.25, 0.3) is 39.0 Å². The van der Waals surface area contributed by atoms with Gasteiger partial charge < -0.3 is 0 Å². The van der Waals surface area contributed by atoms with Gasteiger partial charge in [-0.15, -0.1) is 0 Å². The van der Waals surface area contributed by atoms with Gasteiger partial charge in [0.25, 0.3) is 0 Å². The molecule has 5 aromatic rings. The van der Waals surface area contributed by atoms with Crippen LogP contribution in [0.5, 0.6) is 0 Å². The molecule has 0 saturated heterocycles. The normalized spacial score (nSPS) is 11.5. The Kier molecular flexibility index (Phi) is 2.94. The Morgan fingerprint density at radius 1 is 0.708 bits per heavy atom. The number of imidazole rings is 1. The highest BCUT2D eigenvalue weighted by Gasteiger charge is 2.16. The van der Waals surface area contributed by atoms with Gasteiger partial charge in [0.15, 0.2) is 0 Å². The zero-order chi connectivity index (χ0) is 16.1. The zero-order valence-electron chi connectivity index (χ0n) is 12.6. The van der Waals surface area contributed by atoms with Crippen LogP contribution in [0.3, 0.4) is 0 Å². The second-order valence-corrected chi connectivity index (χ2v) is 6.55. The third-order valence-corrected chi connectivity index (χ3v) is 4.95. The van der Waals surface area contributed by atoms with Gasteiger partial charge in [0.05, 0.1) is 16.6 Å². The summed E-state index contributed by atoms with van der Waals surface area (Å²) in [5, 5.41) is 1.06. The second-order valence-electron chi connectivity index (χ2n) is 5.69. The lowest BCUT2D eigenvalue weighted by molar-refractivity contribution is 1.16. The number of aromatic nitrogens is 3. The zero-order valence-corrected chi connectivity index (χ0v) is 14.2. The van der Waals surface area contributed by atoms with Gasteiger partial charge in [-0.05, 0) is 30.3 Å². The van der Waals surface area contributed by atoms with Crippen molar-refractivity contribution in [2.45, 2.75) is 0 Å². The Morgan fingerprint density at radius 2 is 1.42 bits per heavy atom. The van der Waals surface area contributed by atoms with Crippen LogP contribution in [0.2, 0.25) is 0 Å². The maximum atomic E-state index is 4.95. The van der Waals surface area contributed by atoms with Gasteiger partial charge in [-0.1, -0.05) is 58.4 Å². The smallest absolute Gasteiger partial charge is 0.149 e. The average molecular weight is 374 g/mol. The molecule has 24 heavy (non-hydrogen) atoms. The van der Waals surface area contributed by atoms with E-state index in [1.54, 1.807) is 0 Å². The number of benzene rings is 3. The van der Waals surface area contributed by atoms with E-state index in [9.17, 15) is 0 Å². The predicted octanol–water partition coefficient (Wildman–Crippen LogP) is 5.47. The molecule has 0 aliphatic carbocycles. The van der Waals surface area contributed by atoms with Crippen LogP contribution in [0.4, 0.5) is 0 Å². The molecule has 3 aromatic carbocycles. The number of fused-ring (bicyclic) bond motifs is 5. The lowest BCUT2D eigenvalue weighted by Crippen LogP contribution is -1.98. The molecular formula is C20H12BrN3. The van der Waals surface area contributed by atoms with Crippen LogP contribution in [0.1, 0.15) is 0 Å². The molecule has 0 aliphatic heterocycles. The molecule has 0 unspecified atom stereocenters. The van der Waals surface area contributed by atoms with Crippen LogP contribution in [-0.4, -0.2) is 14.4 Å². The van der Waals surface area contributed by atoms with Gasteiger partial charge in [0.2, 0.25) is 0 Å². The fourth-order valence-electron chi connectivity index (χ4n) is 3.17. The Bertz CT molecular complexity index is 1220. The maximum Gasteiger partial charge on any atom is 0.149 e. The van der Waals surface area contributed by atoms with Gasteiger partial charge >= 0.3 is 0 Å². The van der Waals surface area contributed by atoms with E-state index >= 15 is 0 Å². The molecule has 4 heteroatoms. The molecule has 5 rings (SSSR count). The first-order valence-corrected chi connectivity index (χ1v) is 8.53. The van der Waals surface area contributed by atoms with Crippen molar-refractivity contribution in [3.05, 3.63) is 77.3 Å². The number of rotatable bonds is 1. The molecule has 2 aromatic heterocycles. The fraction of sp³-hybridized carbons (Fsp3) is 0. The van der Waals surface area contributed by atoms with Crippen molar-refractivity contribution in [3.8, 4) is 11.4 Å². The highest BCUT2D eigenvalue weighted by Crippen LogP contribution is 2.32. The third kappa shape index (κ3) is 1.90. The fourth-order valence-corrected chi connectivity index (χ4v) is 3.63. The number of hydrogen-bond donors (Lipinski definition) is 0. The largest absolute Gasteiger partial charge is 0.276 e. The van der Waals surface area contributed by atoms with E-state index in [-0.39, 0.29) is 0 Å². The minimum atomic E-state index is 0.893. The quantitative estimate of drug-likeness (QED) is 0.390. The lowest BCUT2D eigenvalue weighted by Gasteiger charge is -2.10. The minimum Gasteiger partial charge on any atom is -0.276 e. The van der Waals surface area contributed by atoms with Crippen molar-refractivity contribution in [3.63, 3.8) is 0 Å². The Hall–Kier alpha value is -2.72. The number of hydrogen-bond acceptors (Lipinski definition) is 2. The van der Waals surface area contributed by atoms with Gasteiger partial charge in [-0.25, -0.2) is 9.97 Å². The maximum absolute atomic E-state index is 4.95. The molecule has 0 saturated carbocycles. The molecule has 114 valence electrons. The molecule has 0 N–H and O–H groups in total. The molecule has 3 nitrogen and oxygen atoms in total. The molecule has 0 bridgehead atoms. The van der Waals surface area contributed by atoms with Crippen LogP contribution in [-0.2, 0) is 0 Å². The first-order valence-electron chi connectivity index (χ1n) is 7.74. The van der Waals surface area contributed by atoms with Gasteiger partial charge in [0, 0.05) is 15.4 Å². The number of para-hydroxylation sites is 3. The van der Waals surface area contributed by atoms with Crippen molar-refractivity contribution in [1.82, 2.24) is 14.4 Å². The Morgan fingerprint density at radius 3 is 2.29 bits per heavy atom. The van der Waals surface area contributed by atoms with Crippen LogP contribution in [0.15, 0.2) is 77.3 Å². The summed E-state index contributed by atoms with van der Waals surface area (Å²) in [6.07, 6.45) is 0. The summed E-state index contributed by atoms with van der Waals surface area (Å²) in [4.78, 5) is 9.82. The molecule has 0 radical (unpaired) electrons. The van der Waals surface area contributed by atoms with Crippen LogP contribution < -0.4 is 0 Å². The summed E-state index contributed by atoms with van der Waals surface area (Å²) in [7, 11) is 0. The summed E-state index contributed by atoms with van der Waals surface area (Å²) in [5.41, 5.74) is 4.98. The van der Waals surface area contributed by atoms with Crippen molar-refractivity contribution < 1.29 is 0 Å². The predicted molar refractivity (Wildman–Crippen MR) is 101 cm³/mol. The van der Waals surface area contributed by atoms with Crippen molar-refractivity contribution in [2.75, 3.05) is 0 Å². The van der Waals surface area contributed by atoms with E-state index in [0.717, 1.165) is 43.4 Å². The first kappa shape index (κ1) is 13.7. The number of halogens is 1. The summed E-state index contributed by atoms with van der Waals surface area (Å²) in [6.45, 7) is 0. The van der Waals surface area contributed by atoms with Crippen molar-refractivity contribution in [2.24, 2.45) is 0 Å². The van der Waals surface area contributed by atoms with Crippen molar-refractivity contribution >= 4 is 43.5 Å². The van der Waals surface area contributed by atoms with E-state index in [4.69, 9.17) is 9.97 Å². The molecule has 0 atom stereocenters. The standard InChI is InChI=1S/C20H12BrN3/c21-15-9-3-1-7-13(15)19-22-16-10-4-2-8-14(16)20-23-17-11-5-6-12-18(17)24(19)20/h1-12H. The summed E-state index contributed by atoms with van der Waals surface area (Å²) >= 11 is 3.66. The summed E-state index contributed by atoms with van der Waals surface area (Å²) in [6, 6.07) is 24.5. The Labute approximate surface area is 146 Å². The monoisotopic (exact) mass is 373 g/mol. The average Bonchev–Trinajstić information content (AvgIpc) is 3.01. The molecule has 0 fully saturated rings. The highest BCUT2D eigenvalue weighted by molar-refractivity contribution is 9.10. The van der Waals surface area contributed by atoms with E-state index in [1.165, 1.54) is 0 Å². The van der Waals surface area contributed by atoms with Crippen molar-refractivity contribution in [1.29, 1.82) is 0 Å². The number of nitrogens with zero attached hydrogens (tertiary/aromatic N) is 3. The molecular weight excluding hydrogens is 362 g/mol. The van der Waals surface area contributed by atoms with Crippen LogP contribution in [0, 0.1) is 0 Å². The summed E-state index contributed by atoms with van der Waals surface area (Å²) in [5.74, 6) is 0.893. The minimum absolute atomic E-state index is 0.893.